The van der Waals surface area contributed by atoms with Crippen molar-refractivity contribution in [3.63, 3.8) is 0 Å². The van der Waals surface area contributed by atoms with Gasteiger partial charge >= 0.3 is 0 Å². The summed E-state index contributed by atoms with van der Waals surface area (Å²) in [6, 6.07) is 3.35. The molecule has 0 unspecified atom stereocenters. The fourth-order valence-corrected chi connectivity index (χ4v) is 2.38. The van der Waals surface area contributed by atoms with Crippen molar-refractivity contribution in [2.24, 2.45) is 5.41 Å². The van der Waals surface area contributed by atoms with Gasteiger partial charge in [-0.1, -0.05) is 26.8 Å². The summed E-state index contributed by atoms with van der Waals surface area (Å²) in [5.41, 5.74) is 3.50. The van der Waals surface area contributed by atoms with Crippen molar-refractivity contribution in [1.82, 2.24) is 15.4 Å². The SMILES string of the molecule is CC(C)(C)CC(=O)N1CCc2nc(C(=O)NO)ccc2C1. The molecule has 0 bridgehead atoms. The van der Waals surface area contributed by atoms with Crippen molar-refractivity contribution < 1.29 is 14.8 Å². The summed E-state index contributed by atoms with van der Waals surface area (Å²) in [4.78, 5) is 29.7. The molecule has 0 saturated carbocycles. The fraction of sp³-hybridized carbons (Fsp3) is 0.533. The third-order valence-corrected chi connectivity index (χ3v) is 3.42. The van der Waals surface area contributed by atoms with Crippen molar-refractivity contribution in [2.45, 2.75) is 40.2 Å². The molecule has 0 fully saturated rings. The van der Waals surface area contributed by atoms with E-state index in [0.29, 0.717) is 25.9 Å². The second kappa shape index (κ2) is 5.81. The smallest absolute Gasteiger partial charge is 0.293 e. The van der Waals surface area contributed by atoms with E-state index in [9.17, 15) is 9.59 Å². The third-order valence-electron chi connectivity index (χ3n) is 3.42. The molecular weight excluding hydrogens is 270 g/mol. The van der Waals surface area contributed by atoms with E-state index in [4.69, 9.17) is 5.21 Å². The standard InChI is InChI=1S/C15H21N3O3/c1-15(2,3)8-13(19)18-7-6-11-10(9-18)4-5-12(16-11)14(20)17-21/h4-5,21H,6-9H2,1-3H3,(H,17,20). The lowest BCUT2D eigenvalue weighted by Gasteiger charge is -2.30. The molecule has 0 saturated heterocycles. The van der Waals surface area contributed by atoms with Gasteiger partial charge in [-0.25, -0.2) is 10.5 Å². The number of hydrogen-bond acceptors (Lipinski definition) is 4. The van der Waals surface area contributed by atoms with Gasteiger partial charge in [-0.2, -0.15) is 0 Å². The lowest BCUT2D eigenvalue weighted by atomic mass is 9.91. The van der Waals surface area contributed by atoms with Crippen LogP contribution in [0.1, 0.15) is 48.9 Å². The molecule has 2 rings (SSSR count). The van der Waals surface area contributed by atoms with Gasteiger partial charge in [0.1, 0.15) is 5.69 Å². The second-order valence-corrected chi connectivity index (χ2v) is 6.55. The van der Waals surface area contributed by atoms with Crippen LogP contribution in [0.3, 0.4) is 0 Å². The van der Waals surface area contributed by atoms with Gasteiger partial charge in [0.25, 0.3) is 5.91 Å². The number of amides is 2. The van der Waals surface area contributed by atoms with E-state index in [1.54, 1.807) is 17.6 Å². The van der Waals surface area contributed by atoms with Gasteiger partial charge in [-0.05, 0) is 17.0 Å². The Kier molecular flexibility index (Phi) is 4.27. The summed E-state index contributed by atoms with van der Waals surface area (Å²) in [6.07, 6.45) is 1.14. The second-order valence-electron chi connectivity index (χ2n) is 6.55. The maximum absolute atomic E-state index is 12.3. The first-order valence-corrected chi connectivity index (χ1v) is 7.01. The van der Waals surface area contributed by atoms with Crippen molar-refractivity contribution in [2.75, 3.05) is 6.54 Å². The average molecular weight is 291 g/mol. The van der Waals surface area contributed by atoms with E-state index < -0.39 is 5.91 Å². The zero-order valence-electron chi connectivity index (χ0n) is 12.6. The molecule has 1 aromatic heterocycles. The molecule has 114 valence electrons. The van der Waals surface area contributed by atoms with Gasteiger partial charge in [-0.15, -0.1) is 0 Å². The number of hydrogen-bond donors (Lipinski definition) is 2. The monoisotopic (exact) mass is 291 g/mol. The molecule has 2 heterocycles. The van der Waals surface area contributed by atoms with Crippen molar-refractivity contribution >= 4 is 11.8 Å². The molecule has 2 N–H and O–H groups in total. The van der Waals surface area contributed by atoms with E-state index >= 15 is 0 Å². The molecule has 2 amide bonds. The van der Waals surface area contributed by atoms with Gasteiger partial charge in [0, 0.05) is 31.6 Å². The largest absolute Gasteiger partial charge is 0.338 e. The Hall–Kier alpha value is -1.95. The minimum Gasteiger partial charge on any atom is -0.338 e. The van der Waals surface area contributed by atoms with Gasteiger partial charge in [-0.3, -0.25) is 14.8 Å². The molecule has 6 heteroatoms. The molecule has 1 aliphatic rings. The number of pyridine rings is 1. The van der Waals surface area contributed by atoms with Crippen LogP contribution in [0.4, 0.5) is 0 Å². The van der Waals surface area contributed by atoms with Gasteiger partial charge in [0.05, 0.1) is 0 Å². The Balaban J connectivity index is 2.11. The molecule has 0 spiro atoms. The van der Waals surface area contributed by atoms with E-state index in [0.717, 1.165) is 11.3 Å². The number of carbonyl (C=O) groups excluding carboxylic acids is 2. The number of carbonyl (C=O) groups is 2. The van der Waals surface area contributed by atoms with Crippen LogP contribution in [-0.4, -0.2) is 33.5 Å². The number of nitrogens with one attached hydrogen (secondary N) is 1. The summed E-state index contributed by atoms with van der Waals surface area (Å²) >= 11 is 0. The van der Waals surface area contributed by atoms with Gasteiger partial charge in [0.15, 0.2) is 0 Å². The van der Waals surface area contributed by atoms with Gasteiger partial charge in [0.2, 0.25) is 5.91 Å². The summed E-state index contributed by atoms with van der Waals surface area (Å²) < 4.78 is 0. The Labute approximate surface area is 124 Å². The molecule has 1 aromatic rings. The zero-order chi connectivity index (χ0) is 15.6. The maximum atomic E-state index is 12.3. The highest BCUT2D eigenvalue weighted by molar-refractivity contribution is 5.91. The number of hydroxylamine groups is 1. The highest BCUT2D eigenvalue weighted by Crippen LogP contribution is 2.23. The summed E-state index contributed by atoms with van der Waals surface area (Å²) in [7, 11) is 0. The highest BCUT2D eigenvalue weighted by atomic mass is 16.5. The number of rotatable bonds is 2. The van der Waals surface area contributed by atoms with Crippen molar-refractivity contribution in [3.8, 4) is 0 Å². The number of nitrogens with zero attached hydrogens (tertiary/aromatic N) is 2. The third kappa shape index (κ3) is 3.78. The van der Waals surface area contributed by atoms with Crippen LogP contribution in [0.15, 0.2) is 12.1 Å². The first-order valence-electron chi connectivity index (χ1n) is 7.01. The van der Waals surface area contributed by atoms with Crippen LogP contribution < -0.4 is 5.48 Å². The zero-order valence-corrected chi connectivity index (χ0v) is 12.6. The normalized spacial score (nSPS) is 14.6. The summed E-state index contributed by atoms with van der Waals surface area (Å²) in [5.74, 6) is -0.477. The quantitative estimate of drug-likeness (QED) is 0.639. The lowest BCUT2D eigenvalue weighted by Crippen LogP contribution is -2.38. The van der Waals surface area contributed by atoms with E-state index in [1.165, 1.54) is 0 Å². The van der Waals surface area contributed by atoms with Crippen LogP contribution in [0.5, 0.6) is 0 Å². The van der Waals surface area contributed by atoms with Crippen LogP contribution in [-0.2, 0) is 17.8 Å². The molecule has 6 nitrogen and oxygen atoms in total. The van der Waals surface area contributed by atoms with E-state index in [1.807, 2.05) is 25.7 Å². The Morgan fingerprint density at radius 1 is 1.38 bits per heavy atom. The van der Waals surface area contributed by atoms with Crippen LogP contribution in [0.2, 0.25) is 0 Å². The summed E-state index contributed by atoms with van der Waals surface area (Å²) in [5, 5.41) is 8.62. The predicted octanol–water partition coefficient (Wildman–Crippen LogP) is 1.52. The van der Waals surface area contributed by atoms with E-state index in [-0.39, 0.29) is 17.0 Å². The molecule has 1 aliphatic heterocycles. The minimum atomic E-state index is -0.621. The average Bonchev–Trinajstić information content (AvgIpc) is 2.43. The van der Waals surface area contributed by atoms with Crippen LogP contribution in [0, 0.1) is 5.41 Å². The maximum Gasteiger partial charge on any atom is 0.293 e. The van der Waals surface area contributed by atoms with Crippen LogP contribution in [0.25, 0.3) is 0 Å². The molecular formula is C15H21N3O3. The molecule has 0 atom stereocenters. The fourth-order valence-electron chi connectivity index (χ4n) is 2.38. The topological polar surface area (TPSA) is 82.5 Å². The molecule has 21 heavy (non-hydrogen) atoms. The Bertz CT molecular complexity index is 564. The lowest BCUT2D eigenvalue weighted by molar-refractivity contribution is -0.134. The predicted molar refractivity (Wildman–Crippen MR) is 76.7 cm³/mol. The van der Waals surface area contributed by atoms with Gasteiger partial charge < -0.3 is 4.90 Å². The number of aromatic nitrogens is 1. The van der Waals surface area contributed by atoms with Crippen molar-refractivity contribution in [3.05, 3.63) is 29.1 Å². The first-order chi connectivity index (χ1) is 9.80. The highest BCUT2D eigenvalue weighted by Gasteiger charge is 2.25. The number of fused-ring (bicyclic) bond motifs is 1. The minimum absolute atomic E-state index is 0.0291. The molecule has 0 aliphatic carbocycles. The van der Waals surface area contributed by atoms with Crippen LogP contribution >= 0.6 is 0 Å². The van der Waals surface area contributed by atoms with Crippen molar-refractivity contribution in [1.29, 1.82) is 0 Å². The Morgan fingerprint density at radius 3 is 2.71 bits per heavy atom. The summed E-state index contributed by atoms with van der Waals surface area (Å²) in [6.45, 7) is 7.27. The Morgan fingerprint density at radius 2 is 2.10 bits per heavy atom. The molecule has 0 radical (unpaired) electrons. The first kappa shape index (κ1) is 15.4. The van der Waals surface area contributed by atoms with E-state index in [2.05, 4.69) is 4.98 Å². The molecule has 0 aromatic carbocycles.